The van der Waals surface area contributed by atoms with Crippen molar-refractivity contribution in [3.05, 3.63) is 114 Å². The lowest BCUT2D eigenvalue weighted by Gasteiger charge is -2.28. The Morgan fingerprint density at radius 1 is 1.07 bits per heavy atom. The number of halogens is 2. The van der Waals surface area contributed by atoms with E-state index in [4.69, 9.17) is 14.2 Å². The second-order valence-electron chi connectivity index (χ2n) is 11.3. The summed E-state index contributed by atoms with van der Waals surface area (Å²) in [6.45, 7) is 2.65. The Hall–Kier alpha value is -5.16. The molecule has 1 N–H and O–H groups in total. The summed E-state index contributed by atoms with van der Waals surface area (Å²) in [6, 6.07) is 21.1. The van der Waals surface area contributed by atoms with Gasteiger partial charge in [0.15, 0.2) is 12.6 Å². The fourth-order valence-electron chi connectivity index (χ4n) is 5.32. The number of carbonyl (C=O) groups is 2. The van der Waals surface area contributed by atoms with Crippen molar-refractivity contribution in [1.29, 1.82) is 0 Å². The molecule has 0 aliphatic carbocycles. The van der Waals surface area contributed by atoms with Gasteiger partial charge in [0, 0.05) is 42.3 Å². The van der Waals surface area contributed by atoms with E-state index in [1.165, 1.54) is 0 Å². The molecule has 3 heterocycles. The maximum Gasteiger partial charge on any atom is 0.321 e. The van der Waals surface area contributed by atoms with Crippen LogP contribution in [-0.2, 0) is 22.6 Å². The third-order valence-electron chi connectivity index (χ3n) is 7.77. The molecule has 6 rings (SSSR count). The van der Waals surface area contributed by atoms with Crippen LogP contribution >= 0.6 is 0 Å². The molecule has 1 aliphatic heterocycles. The molecule has 46 heavy (non-hydrogen) atoms. The van der Waals surface area contributed by atoms with Crippen molar-refractivity contribution in [1.82, 2.24) is 20.1 Å². The number of rotatable bonds is 11. The maximum atomic E-state index is 13.8. The van der Waals surface area contributed by atoms with Crippen LogP contribution in [0.4, 0.5) is 8.78 Å². The summed E-state index contributed by atoms with van der Waals surface area (Å²) in [4.78, 5) is 29.3. The number of ketones is 1. The number of ether oxygens (including phenoxy) is 3. The van der Waals surface area contributed by atoms with Gasteiger partial charge >= 0.3 is 5.92 Å². The molecule has 5 aromatic rings. The van der Waals surface area contributed by atoms with E-state index in [-0.39, 0.29) is 12.6 Å². The summed E-state index contributed by atoms with van der Waals surface area (Å²) < 4.78 is 46.6. The van der Waals surface area contributed by atoms with Gasteiger partial charge < -0.3 is 19.5 Å². The number of nitrogens with zero attached hydrogens (tertiary/aromatic N) is 3. The number of amides is 1. The van der Waals surface area contributed by atoms with E-state index in [0.29, 0.717) is 49.0 Å². The molecular weight excluding hydrogens is 594 g/mol. The molecule has 0 radical (unpaired) electrons. The minimum Gasteiger partial charge on any atom is -0.484 e. The minimum atomic E-state index is -3.55. The molecule has 0 spiro atoms. The summed E-state index contributed by atoms with van der Waals surface area (Å²) in [6.07, 6.45) is 5.27. The zero-order valence-corrected chi connectivity index (χ0v) is 25.3. The first kappa shape index (κ1) is 30.8. The molecule has 0 fully saturated rings. The number of aromatic nitrogens is 3. The van der Waals surface area contributed by atoms with Gasteiger partial charge in [-0.1, -0.05) is 30.3 Å². The van der Waals surface area contributed by atoms with Gasteiger partial charge in [-0.2, -0.15) is 13.9 Å². The highest BCUT2D eigenvalue weighted by atomic mass is 19.3. The standard InChI is InChI=1S/C35H32F2N4O5/c1-22(40-34(43)35(2,36)37)33(25-9-10-26-20-44-21-45-32(26)17-25)46-29-11-12-30-27(16-29)19-39-41(30)28-7-3-6-24(15-28)31(42)13-8-23-5-4-14-38-18-23/h3-7,9-12,14-19,22,33H,8,13,20-21H2,1-2H3,(H,40,43)/t22-,33-/m0/s1. The SMILES string of the molecule is C[C@H](NC(=O)C(C)(F)F)[C@H](Oc1ccc2c(cnn2-c2cccc(C(=O)CCc3cccnc3)c2)c1)c1ccc2c(c1)OCOC2. The van der Waals surface area contributed by atoms with E-state index in [9.17, 15) is 18.4 Å². The Kier molecular flexibility index (Phi) is 8.76. The van der Waals surface area contributed by atoms with E-state index in [2.05, 4.69) is 15.4 Å². The average Bonchev–Trinajstić information content (AvgIpc) is 3.49. The lowest BCUT2D eigenvalue weighted by atomic mass is 10.00. The zero-order valence-electron chi connectivity index (χ0n) is 25.3. The Balaban J connectivity index is 1.24. The highest BCUT2D eigenvalue weighted by Crippen LogP contribution is 2.33. The van der Waals surface area contributed by atoms with Crippen molar-refractivity contribution in [3.63, 3.8) is 0 Å². The molecule has 236 valence electrons. The summed E-state index contributed by atoms with van der Waals surface area (Å²) >= 11 is 0. The molecule has 2 atom stereocenters. The van der Waals surface area contributed by atoms with Gasteiger partial charge in [0.05, 0.1) is 30.0 Å². The number of Topliss-reactive ketones (excluding diaryl/α,β-unsaturated/α-hetero) is 1. The number of pyridine rings is 1. The summed E-state index contributed by atoms with van der Waals surface area (Å²) in [5.41, 5.74) is 4.57. The highest BCUT2D eigenvalue weighted by molar-refractivity contribution is 5.96. The van der Waals surface area contributed by atoms with Crippen LogP contribution in [0.2, 0.25) is 0 Å². The molecule has 0 saturated heterocycles. The molecule has 0 bridgehead atoms. The zero-order chi connectivity index (χ0) is 32.3. The van der Waals surface area contributed by atoms with E-state index >= 15 is 0 Å². The number of benzene rings is 3. The molecule has 11 heteroatoms. The van der Waals surface area contributed by atoms with Crippen LogP contribution in [0.3, 0.4) is 0 Å². The van der Waals surface area contributed by atoms with Gasteiger partial charge in [-0.05, 0) is 66.9 Å². The van der Waals surface area contributed by atoms with E-state index in [1.54, 1.807) is 60.5 Å². The van der Waals surface area contributed by atoms with Crippen molar-refractivity contribution in [2.75, 3.05) is 6.79 Å². The third kappa shape index (κ3) is 6.89. The lowest BCUT2D eigenvalue weighted by Crippen LogP contribution is -2.46. The van der Waals surface area contributed by atoms with E-state index in [1.807, 2.05) is 42.5 Å². The highest BCUT2D eigenvalue weighted by Gasteiger charge is 2.35. The fraction of sp³-hybridized carbons (Fsp3) is 0.257. The first-order valence-corrected chi connectivity index (χ1v) is 14.8. The average molecular weight is 627 g/mol. The summed E-state index contributed by atoms with van der Waals surface area (Å²) in [7, 11) is 0. The van der Waals surface area contributed by atoms with Crippen LogP contribution in [0.5, 0.6) is 11.5 Å². The van der Waals surface area contributed by atoms with Crippen LogP contribution in [0.25, 0.3) is 16.6 Å². The predicted molar refractivity (Wildman–Crippen MR) is 166 cm³/mol. The van der Waals surface area contributed by atoms with Crippen LogP contribution in [0.15, 0.2) is 91.4 Å². The van der Waals surface area contributed by atoms with Crippen molar-refractivity contribution in [3.8, 4) is 17.2 Å². The van der Waals surface area contributed by atoms with Crippen molar-refractivity contribution >= 4 is 22.6 Å². The predicted octanol–water partition coefficient (Wildman–Crippen LogP) is 6.38. The molecule has 2 aromatic heterocycles. The molecule has 1 amide bonds. The molecule has 0 saturated carbocycles. The van der Waals surface area contributed by atoms with Gasteiger partial charge in [0.2, 0.25) is 0 Å². The summed E-state index contributed by atoms with van der Waals surface area (Å²) in [5, 5.41) is 7.70. The number of carbonyl (C=O) groups excluding carboxylic acids is 2. The number of nitrogens with one attached hydrogen (secondary N) is 1. The number of alkyl halides is 2. The molecule has 3 aromatic carbocycles. The number of hydrogen-bond acceptors (Lipinski definition) is 7. The smallest absolute Gasteiger partial charge is 0.321 e. The molecule has 9 nitrogen and oxygen atoms in total. The Morgan fingerprint density at radius 2 is 1.93 bits per heavy atom. The number of hydrogen-bond donors (Lipinski definition) is 1. The molecular formula is C35H32F2N4O5. The lowest BCUT2D eigenvalue weighted by molar-refractivity contribution is -0.144. The maximum absolute atomic E-state index is 13.8. The van der Waals surface area contributed by atoms with E-state index < -0.39 is 24.0 Å². The normalized spacial score (nSPS) is 14.2. The second kappa shape index (κ2) is 13.1. The van der Waals surface area contributed by atoms with Gasteiger partial charge in [0.25, 0.3) is 5.91 Å². The fourth-order valence-corrected chi connectivity index (χ4v) is 5.32. The van der Waals surface area contributed by atoms with Gasteiger partial charge in [0.1, 0.15) is 17.6 Å². The molecule has 0 unspecified atom stereocenters. The topological polar surface area (TPSA) is 105 Å². The van der Waals surface area contributed by atoms with Crippen LogP contribution < -0.4 is 14.8 Å². The quantitative estimate of drug-likeness (QED) is 0.170. The van der Waals surface area contributed by atoms with Crippen LogP contribution in [-0.4, -0.2) is 45.2 Å². The second-order valence-corrected chi connectivity index (χ2v) is 11.3. The first-order valence-electron chi connectivity index (χ1n) is 14.8. The number of fused-ring (bicyclic) bond motifs is 2. The molecule has 1 aliphatic rings. The van der Waals surface area contributed by atoms with Crippen LogP contribution in [0, 0.1) is 0 Å². The third-order valence-corrected chi connectivity index (χ3v) is 7.77. The Labute approximate surface area is 264 Å². The van der Waals surface area contributed by atoms with Crippen molar-refractivity contribution < 1.29 is 32.6 Å². The number of aryl methyl sites for hydroxylation is 1. The van der Waals surface area contributed by atoms with Gasteiger partial charge in [-0.3, -0.25) is 14.6 Å². The van der Waals surface area contributed by atoms with E-state index in [0.717, 1.165) is 27.7 Å². The van der Waals surface area contributed by atoms with Gasteiger partial charge in [-0.15, -0.1) is 0 Å². The largest absolute Gasteiger partial charge is 0.484 e. The van der Waals surface area contributed by atoms with Crippen LogP contribution in [0.1, 0.15) is 53.4 Å². The van der Waals surface area contributed by atoms with Crippen molar-refractivity contribution in [2.45, 2.75) is 51.4 Å². The van der Waals surface area contributed by atoms with Gasteiger partial charge in [-0.25, -0.2) is 4.68 Å². The summed E-state index contributed by atoms with van der Waals surface area (Å²) in [5.74, 6) is -3.88. The first-order chi connectivity index (χ1) is 22.2. The monoisotopic (exact) mass is 626 g/mol. The Bertz CT molecular complexity index is 1870. The Morgan fingerprint density at radius 3 is 2.74 bits per heavy atom. The minimum absolute atomic E-state index is 0.0195. The van der Waals surface area contributed by atoms with Crippen molar-refractivity contribution in [2.24, 2.45) is 0 Å².